The summed E-state index contributed by atoms with van der Waals surface area (Å²) in [6, 6.07) is 9.20. The van der Waals surface area contributed by atoms with Crippen molar-refractivity contribution in [2.45, 2.75) is 12.5 Å². The third-order valence-corrected chi connectivity index (χ3v) is 3.00. The molecule has 1 aliphatic heterocycles. The molecule has 0 aliphatic carbocycles. The summed E-state index contributed by atoms with van der Waals surface area (Å²) in [5.74, 6) is -0.105. The van der Waals surface area contributed by atoms with Crippen molar-refractivity contribution >= 4 is 11.6 Å². The molecule has 0 bridgehead atoms. The van der Waals surface area contributed by atoms with Gasteiger partial charge in [-0.2, -0.15) is 5.26 Å². The number of nitrogens with two attached hydrogens (primary N) is 1. The van der Waals surface area contributed by atoms with Crippen molar-refractivity contribution in [3.8, 4) is 6.07 Å². The van der Waals surface area contributed by atoms with Gasteiger partial charge in [0.2, 0.25) is 5.91 Å². The van der Waals surface area contributed by atoms with Gasteiger partial charge in [-0.15, -0.1) is 0 Å². The molecule has 0 saturated carbocycles. The van der Waals surface area contributed by atoms with Gasteiger partial charge >= 0.3 is 0 Å². The summed E-state index contributed by atoms with van der Waals surface area (Å²) in [5, 5.41) is 11.7. The minimum atomic E-state index is -0.105. The lowest BCUT2D eigenvalue weighted by molar-refractivity contribution is -0.117. The molecule has 0 spiro atoms. The summed E-state index contributed by atoms with van der Waals surface area (Å²) in [7, 11) is 0. The first-order valence-corrected chi connectivity index (χ1v) is 5.96. The van der Waals surface area contributed by atoms with Crippen LogP contribution >= 0.6 is 0 Å². The van der Waals surface area contributed by atoms with Crippen molar-refractivity contribution in [3.05, 3.63) is 29.8 Å². The van der Waals surface area contributed by atoms with Crippen LogP contribution in [-0.2, 0) is 4.79 Å². The molecule has 5 nitrogen and oxygen atoms in total. The molecule has 0 aromatic heterocycles. The number of carbonyl (C=O) groups excluding carboxylic acids is 1. The Bertz CT molecular complexity index is 480. The number of benzene rings is 1. The highest BCUT2D eigenvalue weighted by Gasteiger charge is 2.21. The molecule has 1 atom stereocenters. The van der Waals surface area contributed by atoms with Crippen LogP contribution in [0.2, 0.25) is 0 Å². The van der Waals surface area contributed by atoms with Gasteiger partial charge in [0.05, 0.1) is 17.8 Å². The number of nitrogens with one attached hydrogen (secondary N) is 1. The molecule has 3 N–H and O–H groups in total. The molecule has 1 aromatic carbocycles. The van der Waals surface area contributed by atoms with Crippen LogP contribution in [-0.4, -0.2) is 36.5 Å². The maximum atomic E-state index is 11.8. The quantitative estimate of drug-likeness (QED) is 0.812. The van der Waals surface area contributed by atoms with Crippen LogP contribution in [0.15, 0.2) is 24.3 Å². The molecule has 94 valence electrons. The smallest absolute Gasteiger partial charge is 0.238 e. The summed E-state index contributed by atoms with van der Waals surface area (Å²) in [6.07, 6.45) is 0.933. The van der Waals surface area contributed by atoms with Crippen LogP contribution in [0.25, 0.3) is 0 Å². The van der Waals surface area contributed by atoms with Crippen molar-refractivity contribution in [2.75, 3.05) is 25.0 Å². The Balaban J connectivity index is 1.93. The zero-order valence-corrected chi connectivity index (χ0v) is 10.1. The fourth-order valence-electron chi connectivity index (χ4n) is 2.09. The highest BCUT2D eigenvalue weighted by molar-refractivity contribution is 5.93. The highest BCUT2D eigenvalue weighted by Crippen LogP contribution is 2.14. The Hall–Kier alpha value is -1.90. The minimum absolute atomic E-state index is 0.105. The van der Waals surface area contributed by atoms with Gasteiger partial charge in [0, 0.05) is 19.1 Å². The van der Waals surface area contributed by atoms with Crippen LogP contribution in [0.3, 0.4) is 0 Å². The average molecular weight is 244 g/mol. The minimum Gasteiger partial charge on any atom is -0.326 e. The van der Waals surface area contributed by atoms with Gasteiger partial charge in [-0.25, -0.2) is 0 Å². The number of rotatable bonds is 3. The SMILES string of the molecule is N#Cc1ccccc1NC(=O)CN1CC[C@@H](N)C1. The van der Waals surface area contributed by atoms with Crippen molar-refractivity contribution < 1.29 is 4.79 Å². The predicted molar refractivity (Wildman–Crippen MR) is 68.8 cm³/mol. The molecule has 18 heavy (non-hydrogen) atoms. The lowest BCUT2D eigenvalue weighted by Gasteiger charge is -2.15. The van der Waals surface area contributed by atoms with Gasteiger partial charge in [0.1, 0.15) is 6.07 Å². The fraction of sp³-hybridized carbons (Fsp3) is 0.385. The number of hydrogen-bond donors (Lipinski definition) is 2. The van der Waals surface area contributed by atoms with Crippen molar-refractivity contribution in [2.24, 2.45) is 5.73 Å². The Morgan fingerprint density at radius 2 is 2.33 bits per heavy atom. The Morgan fingerprint density at radius 3 is 3.00 bits per heavy atom. The number of likely N-dealkylation sites (tertiary alicyclic amines) is 1. The van der Waals surface area contributed by atoms with E-state index in [-0.39, 0.29) is 11.9 Å². The van der Waals surface area contributed by atoms with Crippen LogP contribution < -0.4 is 11.1 Å². The Kier molecular flexibility index (Phi) is 3.92. The van der Waals surface area contributed by atoms with Crippen LogP contribution in [0.5, 0.6) is 0 Å². The zero-order valence-electron chi connectivity index (χ0n) is 10.1. The molecule has 0 unspecified atom stereocenters. The lowest BCUT2D eigenvalue weighted by Crippen LogP contribution is -2.33. The molecule has 1 fully saturated rings. The summed E-state index contributed by atoms with van der Waals surface area (Å²) in [6.45, 7) is 1.94. The van der Waals surface area contributed by atoms with E-state index in [9.17, 15) is 4.79 Å². The molecule has 1 aliphatic rings. The van der Waals surface area contributed by atoms with E-state index in [0.29, 0.717) is 17.8 Å². The van der Waals surface area contributed by atoms with E-state index in [4.69, 9.17) is 11.0 Å². The lowest BCUT2D eigenvalue weighted by atomic mass is 10.2. The molecule has 1 aromatic rings. The second kappa shape index (κ2) is 5.63. The number of para-hydroxylation sites is 1. The van der Waals surface area contributed by atoms with E-state index >= 15 is 0 Å². The maximum absolute atomic E-state index is 11.8. The standard InChI is InChI=1S/C13H16N4O/c14-7-10-3-1-2-4-12(10)16-13(18)9-17-6-5-11(15)8-17/h1-4,11H,5-6,8-9,15H2,(H,16,18)/t11-/m1/s1. The van der Waals surface area contributed by atoms with E-state index in [0.717, 1.165) is 19.5 Å². The molecule has 2 rings (SSSR count). The molecular formula is C13H16N4O. The van der Waals surface area contributed by atoms with E-state index in [1.165, 1.54) is 0 Å². The fourth-order valence-corrected chi connectivity index (χ4v) is 2.09. The molecular weight excluding hydrogens is 228 g/mol. The summed E-state index contributed by atoms with van der Waals surface area (Å²) in [5.41, 5.74) is 6.82. The van der Waals surface area contributed by atoms with E-state index in [1.807, 2.05) is 4.90 Å². The van der Waals surface area contributed by atoms with Gasteiger partial charge in [-0.05, 0) is 18.6 Å². The van der Waals surface area contributed by atoms with Crippen molar-refractivity contribution in [1.29, 1.82) is 5.26 Å². The van der Waals surface area contributed by atoms with Gasteiger partial charge in [-0.3, -0.25) is 9.69 Å². The molecule has 0 radical (unpaired) electrons. The second-order valence-electron chi connectivity index (χ2n) is 4.49. The second-order valence-corrected chi connectivity index (χ2v) is 4.49. The van der Waals surface area contributed by atoms with E-state index in [2.05, 4.69) is 11.4 Å². The zero-order chi connectivity index (χ0) is 13.0. The number of nitrogens with zero attached hydrogens (tertiary/aromatic N) is 2. The third kappa shape index (κ3) is 3.06. The van der Waals surface area contributed by atoms with Crippen LogP contribution in [0, 0.1) is 11.3 Å². The van der Waals surface area contributed by atoms with E-state index < -0.39 is 0 Å². The molecule has 1 saturated heterocycles. The maximum Gasteiger partial charge on any atom is 0.238 e. The number of anilines is 1. The van der Waals surface area contributed by atoms with E-state index in [1.54, 1.807) is 24.3 Å². The summed E-state index contributed by atoms with van der Waals surface area (Å²) in [4.78, 5) is 13.9. The normalized spacial score (nSPS) is 19.4. The van der Waals surface area contributed by atoms with Gasteiger partial charge < -0.3 is 11.1 Å². The number of carbonyl (C=O) groups is 1. The monoisotopic (exact) mass is 244 g/mol. The summed E-state index contributed by atoms with van der Waals surface area (Å²) < 4.78 is 0. The molecule has 5 heteroatoms. The Morgan fingerprint density at radius 1 is 1.56 bits per heavy atom. The van der Waals surface area contributed by atoms with Crippen molar-refractivity contribution in [1.82, 2.24) is 4.90 Å². The summed E-state index contributed by atoms with van der Waals surface area (Å²) >= 11 is 0. The highest BCUT2D eigenvalue weighted by atomic mass is 16.2. The topological polar surface area (TPSA) is 82.2 Å². The van der Waals surface area contributed by atoms with Gasteiger partial charge in [0.25, 0.3) is 0 Å². The largest absolute Gasteiger partial charge is 0.326 e. The number of amides is 1. The van der Waals surface area contributed by atoms with Gasteiger partial charge in [0.15, 0.2) is 0 Å². The first kappa shape index (κ1) is 12.6. The molecule has 1 heterocycles. The predicted octanol–water partition coefficient (Wildman–Crippen LogP) is 0.530. The van der Waals surface area contributed by atoms with Crippen LogP contribution in [0.4, 0.5) is 5.69 Å². The Labute approximate surface area is 106 Å². The molecule has 1 amide bonds. The van der Waals surface area contributed by atoms with Gasteiger partial charge in [-0.1, -0.05) is 12.1 Å². The van der Waals surface area contributed by atoms with Crippen molar-refractivity contribution in [3.63, 3.8) is 0 Å². The average Bonchev–Trinajstić information content (AvgIpc) is 2.75. The third-order valence-electron chi connectivity index (χ3n) is 3.00. The first-order valence-electron chi connectivity index (χ1n) is 5.96. The number of hydrogen-bond acceptors (Lipinski definition) is 4. The van der Waals surface area contributed by atoms with Crippen LogP contribution in [0.1, 0.15) is 12.0 Å². The first-order chi connectivity index (χ1) is 8.69. The number of nitriles is 1.